The molecular formula is C26H38N2O4SSi. The lowest BCUT2D eigenvalue weighted by Crippen LogP contribution is -2.76. The van der Waals surface area contributed by atoms with Crippen LogP contribution in [0.3, 0.4) is 0 Å². The highest BCUT2D eigenvalue weighted by Crippen LogP contribution is 2.45. The fourth-order valence-electron chi connectivity index (χ4n) is 4.13. The Balaban J connectivity index is 1.79. The summed E-state index contributed by atoms with van der Waals surface area (Å²) in [6, 6.07) is 9.53. The van der Waals surface area contributed by atoms with Crippen molar-refractivity contribution in [2.45, 2.75) is 90.4 Å². The molecule has 2 aromatic rings. The van der Waals surface area contributed by atoms with Crippen LogP contribution >= 0.6 is 11.3 Å². The van der Waals surface area contributed by atoms with Gasteiger partial charge in [-0.25, -0.2) is 9.78 Å². The van der Waals surface area contributed by atoms with E-state index in [-0.39, 0.29) is 23.6 Å². The highest BCUT2D eigenvalue weighted by Gasteiger charge is 2.58. The molecule has 8 heteroatoms. The van der Waals surface area contributed by atoms with E-state index in [9.17, 15) is 9.59 Å². The first-order valence-corrected chi connectivity index (χ1v) is 15.8. The molecule has 1 fully saturated rings. The molecule has 1 amide bonds. The molecule has 34 heavy (non-hydrogen) atoms. The third kappa shape index (κ3) is 5.96. The first-order chi connectivity index (χ1) is 15.9. The van der Waals surface area contributed by atoms with E-state index in [2.05, 4.69) is 57.3 Å². The van der Waals surface area contributed by atoms with Gasteiger partial charge in [0.2, 0.25) is 5.91 Å². The Bertz CT molecular complexity index is 957. The molecule has 1 aliphatic heterocycles. The van der Waals surface area contributed by atoms with E-state index in [1.54, 1.807) is 6.20 Å². The second kappa shape index (κ2) is 10.7. The van der Waals surface area contributed by atoms with Crippen molar-refractivity contribution < 1.29 is 19.1 Å². The highest BCUT2D eigenvalue weighted by atomic mass is 32.1. The zero-order valence-corrected chi connectivity index (χ0v) is 23.2. The molecule has 0 bridgehead atoms. The van der Waals surface area contributed by atoms with Crippen molar-refractivity contribution in [2.75, 3.05) is 0 Å². The quantitative estimate of drug-likeness (QED) is 0.246. The van der Waals surface area contributed by atoms with Gasteiger partial charge in [-0.15, -0.1) is 11.3 Å². The smallest absolute Gasteiger partial charge is 0.336 e. The third-order valence-corrected chi connectivity index (χ3v) is 13.2. The molecular weight excluding hydrogens is 464 g/mol. The Morgan fingerprint density at radius 3 is 2.44 bits per heavy atom. The molecule has 0 spiro atoms. The second-order valence-electron chi connectivity index (χ2n) is 11.0. The van der Waals surface area contributed by atoms with Crippen LogP contribution in [-0.2, 0) is 32.1 Å². The lowest BCUT2D eigenvalue weighted by molar-refractivity contribution is -0.184. The predicted molar refractivity (Wildman–Crippen MR) is 138 cm³/mol. The number of carbonyl (C=O) groups is 2. The maximum Gasteiger partial charge on any atom is 0.336 e. The van der Waals surface area contributed by atoms with Crippen LogP contribution in [0.5, 0.6) is 0 Å². The number of benzene rings is 1. The van der Waals surface area contributed by atoms with Crippen LogP contribution in [0.25, 0.3) is 0 Å². The summed E-state index contributed by atoms with van der Waals surface area (Å²) in [5, 5.41) is 2.68. The summed E-state index contributed by atoms with van der Waals surface area (Å²) in [6.45, 7) is 15.6. The Morgan fingerprint density at radius 1 is 1.21 bits per heavy atom. The Morgan fingerprint density at radius 2 is 1.88 bits per heavy atom. The first-order valence-electron chi connectivity index (χ1n) is 12.0. The number of carbonyl (C=O) groups excluding carboxylic acids is 2. The fraction of sp³-hybridized carbons (Fsp3) is 0.577. The average molecular weight is 503 g/mol. The zero-order chi connectivity index (χ0) is 25.1. The van der Waals surface area contributed by atoms with Crippen LogP contribution in [0.1, 0.15) is 51.6 Å². The molecule has 1 aliphatic rings. The van der Waals surface area contributed by atoms with Gasteiger partial charge in [-0.3, -0.25) is 4.79 Å². The number of amides is 1. The van der Waals surface area contributed by atoms with Gasteiger partial charge in [-0.05, 0) is 22.9 Å². The van der Waals surface area contributed by atoms with Crippen LogP contribution in [0.15, 0.2) is 41.9 Å². The SMILES string of the molecule is CC(C)C[C@H]1[C@H](O[C@@H](Cc2nccs2)C(=O)OCc2ccccc2)C(=O)N1[Si](C)(C)C(C)(C)C. The minimum Gasteiger partial charge on any atom is -0.459 e. The highest BCUT2D eigenvalue weighted by molar-refractivity contribution is 7.09. The normalized spacial score (nSPS) is 19.8. The summed E-state index contributed by atoms with van der Waals surface area (Å²) >= 11 is 1.47. The molecule has 6 nitrogen and oxygen atoms in total. The van der Waals surface area contributed by atoms with Gasteiger partial charge in [0.15, 0.2) is 20.4 Å². The number of ether oxygens (including phenoxy) is 2. The van der Waals surface area contributed by atoms with Gasteiger partial charge in [0.1, 0.15) is 6.61 Å². The van der Waals surface area contributed by atoms with Crippen LogP contribution in [-0.4, -0.2) is 47.9 Å². The number of esters is 1. The molecule has 0 aliphatic carbocycles. The molecule has 3 atom stereocenters. The van der Waals surface area contributed by atoms with E-state index in [1.807, 2.05) is 35.7 Å². The summed E-state index contributed by atoms with van der Waals surface area (Å²) in [6.07, 6.45) is 1.34. The van der Waals surface area contributed by atoms with Crippen molar-refractivity contribution in [1.82, 2.24) is 9.55 Å². The number of thiazole rings is 1. The van der Waals surface area contributed by atoms with Crippen LogP contribution in [0.2, 0.25) is 18.1 Å². The number of β-lactam (4-membered cyclic amide) rings is 1. The molecule has 0 N–H and O–H groups in total. The summed E-state index contributed by atoms with van der Waals surface area (Å²) in [5.74, 6) is -0.0583. The zero-order valence-electron chi connectivity index (χ0n) is 21.4. The first kappa shape index (κ1) is 26.6. The molecule has 1 aromatic heterocycles. The van der Waals surface area contributed by atoms with Crippen LogP contribution in [0.4, 0.5) is 0 Å². The number of nitrogens with zero attached hydrogens (tertiary/aromatic N) is 2. The topological polar surface area (TPSA) is 68.7 Å². The standard InChI is InChI=1S/C26H38N2O4SSi/c1-18(2)15-20-23(24(29)28(20)34(6,7)26(3,4)5)32-21(16-22-27-13-14-33-22)25(30)31-17-19-11-9-8-10-12-19/h8-14,18,20-21,23H,15-17H2,1-7H3/t20-,21-,23-/m0/s1. The maximum atomic E-state index is 13.5. The van der Waals surface area contributed by atoms with Crippen molar-refractivity contribution in [3.8, 4) is 0 Å². The van der Waals surface area contributed by atoms with Crippen LogP contribution in [0, 0.1) is 5.92 Å². The fourth-order valence-corrected chi connectivity index (χ4v) is 7.25. The number of hydrogen-bond acceptors (Lipinski definition) is 6. The summed E-state index contributed by atoms with van der Waals surface area (Å²) < 4.78 is 14.0. The molecule has 1 aromatic carbocycles. The molecule has 0 unspecified atom stereocenters. The minimum absolute atomic E-state index is 0.00256. The van der Waals surface area contributed by atoms with Gasteiger partial charge in [-0.1, -0.05) is 78.0 Å². The van der Waals surface area contributed by atoms with E-state index in [4.69, 9.17) is 9.47 Å². The molecule has 0 radical (unpaired) electrons. The molecule has 2 heterocycles. The van der Waals surface area contributed by atoms with Gasteiger partial charge in [0, 0.05) is 18.0 Å². The van der Waals surface area contributed by atoms with E-state index >= 15 is 0 Å². The monoisotopic (exact) mass is 502 g/mol. The predicted octanol–water partition coefficient (Wildman–Crippen LogP) is 5.44. The Labute approximate surface area is 208 Å². The van der Waals surface area contributed by atoms with Crippen molar-refractivity contribution >= 4 is 31.4 Å². The molecule has 0 saturated carbocycles. The van der Waals surface area contributed by atoms with E-state index in [0.29, 0.717) is 12.3 Å². The van der Waals surface area contributed by atoms with Gasteiger partial charge in [-0.2, -0.15) is 0 Å². The van der Waals surface area contributed by atoms with Crippen molar-refractivity contribution in [3.05, 3.63) is 52.5 Å². The lowest BCUT2D eigenvalue weighted by atomic mass is 9.92. The van der Waals surface area contributed by atoms with Crippen molar-refractivity contribution in [3.63, 3.8) is 0 Å². The molecule has 3 rings (SSSR count). The number of hydrogen-bond donors (Lipinski definition) is 0. The van der Waals surface area contributed by atoms with Gasteiger partial charge >= 0.3 is 5.97 Å². The van der Waals surface area contributed by atoms with Crippen molar-refractivity contribution in [1.29, 1.82) is 0 Å². The van der Waals surface area contributed by atoms with Gasteiger partial charge < -0.3 is 14.0 Å². The summed E-state index contributed by atoms with van der Waals surface area (Å²) in [5.41, 5.74) is 0.908. The Hall–Kier alpha value is -2.03. The molecule has 186 valence electrons. The van der Waals surface area contributed by atoms with E-state index in [1.165, 1.54) is 11.3 Å². The largest absolute Gasteiger partial charge is 0.459 e. The van der Waals surface area contributed by atoms with Crippen LogP contribution < -0.4 is 0 Å². The number of rotatable bonds is 10. The summed E-state index contributed by atoms with van der Waals surface area (Å²) in [4.78, 5) is 30.9. The average Bonchev–Trinajstić information content (AvgIpc) is 3.27. The third-order valence-electron chi connectivity index (χ3n) is 6.95. The number of aromatic nitrogens is 1. The van der Waals surface area contributed by atoms with Gasteiger partial charge in [0.25, 0.3) is 0 Å². The maximum absolute atomic E-state index is 13.5. The summed E-state index contributed by atoms with van der Waals surface area (Å²) in [7, 11) is -2.08. The van der Waals surface area contributed by atoms with E-state index < -0.39 is 26.4 Å². The molecule has 1 saturated heterocycles. The van der Waals surface area contributed by atoms with Gasteiger partial charge in [0.05, 0.1) is 11.0 Å². The Kier molecular flexibility index (Phi) is 8.37. The lowest BCUT2D eigenvalue weighted by Gasteiger charge is -2.58. The minimum atomic E-state index is -2.08. The van der Waals surface area contributed by atoms with E-state index in [0.717, 1.165) is 17.0 Å². The second-order valence-corrected chi connectivity index (χ2v) is 17.1. The van der Waals surface area contributed by atoms with Crippen molar-refractivity contribution in [2.24, 2.45) is 5.92 Å².